The molecular weight excluding hydrogens is 322 g/mol. The standard InChI is InChI=1S/C19H31NO5/c1-3-5-6-7-8-9-10-11-12-13-14-16-15-17(25-20-16)18(21)24-19(22)23-4-2/h15H,3-14H2,1-2H3. The van der Waals surface area contributed by atoms with E-state index in [2.05, 4.69) is 21.6 Å². The van der Waals surface area contributed by atoms with E-state index >= 15 is 0 Å². The summed E-state index contributed by atoms with van der Waals surface area (Å²) in [5.74, 6) is -0.949. The molecule has 0 unspecified atom stereocenters. The molecule has 0 bridgehead atoms. The fourth-order valence-electron chi connectivity index (χ4n) is 2.59. The second-order valence-corrected chi connectivity index (χ2v) is 6.19. The van der Waals surface area contributed by atoms with Gasteiger partial charge in [0.25, 0.3) is 0 Å². The van der Waals surface area contributed by atoms with E-state index < -0.39 is 12.1 Å². The third kappa shape index (κ3) is 9.89. The smallest absolute Gasteiger partial charge is 0.434 e. The SMILES string of the molecule is CCCCCCCCCCCCc1cc(C(=O)OC(=O)OCC)on1. The van der Waals surface area contributed by atoms with Gasteiger partial charge in [0.15, 0.2) is 0 Å². The summed E-state index contributed by atoms with van der Waals surface area (Å²) in [7, 11) is 0. The monoisotopic (exact) mass is 353 g/mol. The van der Waals surface area contributed by atoms with Crippen molar-refractivity contribution in [3.63, 3.8) is 0 Å². The molecular formula is C19H31NO5. The first-order valence-electron chi connectivity index (χ1n) is 9.51. The summed E-state index contributed by atoms with van der Waals surface area (Å²) in [4.78, 5) is 22.7. The number of aromatic nitrogens is 1. The third-order valence-electron chi connectivity index (χ3n) is 3.98. The number of carbonyl (C=O) groups excluding carboxylic acids is 2. The number of aryl methyl sites for hydroxylation is 1. The average molecular weight is 353 g/mol. The number of ether oxygens (including phenoxy) is 2. The lowest BCUT2D eigenvalue weighted by Gasteiger charge is -2.01. The number of hydrogen-bond acceptors (Lipinski definition) is 6. The predicted octanol–water partition coefficient (Wildman–Crippen LogP) is 5.45. The second-order valence-electron chi connectivity index (χ2n) is 6.19. The van der Waals surface area contributed by atoms with Crippen molar-refractivity contribution in [3.8, 4) is 0 Å². The van der Waals surface area contributed by atoms with Gasteiger partial charge in [0.05, 0.1) is 12.3 Å². The van der Waals surface area contributed by atoms with Crippen LogP contribution in [0, 0.1) is 0 Å². The average Bonchev–Trinajstić information content (AvgIpc) is 3.06. The number of carbonyl (C=O) groups is 2. The molecule has 0 amide bonds. The predicted molar refractivity (Wildman–Crippen MR) is 94.5 cm³/mol. The lowest BCUT2D eigenvalue weighted by molar-refractivity contribution is 0.0365. The second kappa shape index (κ2) is 13.4. The van der Waals surface area contributed by atoms with Crippen molar-refractivity contribution < 1.29 is 23.6 Å². The van der Waals surface area contributed by atoms with Gasteiger partial charge in [-0.25, -0.2) is 9.59 Å². The van der Waals surface area contributed by atoms with Crippen molar-refractivity contribution in [2.75, 3.05) is 6.61 Å². The summed E-state index contributed by atoms with van der Waals surface area (Å²) in [6.07, 6.45) is 12.4. The van der Waals surface area contributed by atoms with E-state index in [1.54, 1.807) is 6.92 Å². The van der Waals surface area contributed by atoms with Gasteiger partial charge in [0, 0.05) is 6.07 Å². The summed E-state index contributed by atoms with van der Waals surface area (Å²) >= 11 is 0. The fourth-order valence-corrected chi connectivity index (χ4v) is 2.59. The summed E-state index contributed by atoms with van der Waals surface area (Å²) in [5, 5.41) is 3.84. The lowest BCUT2D eigenvalue weighted by atomic mass is 10.1. The number of unbranched alkanes of at least 4 members (excludes halogenated alkanes) is 9. The molecule has 0 aromatic carbocycles. The molecule has 25 heavy (non-hydrogen) atoms. The number of hydrogen-bond donors (Lipinski definition) is 0. The number of nitrogens with zero attached hydrogens (tertiary/aromatic N) is 1. The molecule has 1 aromatic rings. The highest BCUT2D eigenvalue weighted by Crippen LogP contribution is 2.13. The Morgan fingerprint density at radius 1 is 0.960 bits per heavy atom. The molecule has 0 spiro atoms. The van der Waals surface area contributed by atoms with Crippen molar-refractivity contribution >= 4 is 12.1 Å². The van der Waals surface area contributed by atoms with E-state index in [1.807, 2.05) is 0 Å². The zero-order valence-electron chi connectivity index (χ0n) is 15.6. The minimum atomic E-state index is -1.03. The van der Waals surface area contributed by atoms with Gasteiger partial charge in [-0.2, -0.15) is 0 Å². The molecule has 6 heteroatoms. The van der Waals surface area contributed by atoms with Crippen LogP contribution in [0.3, 0.4) is 0 Å². The van der Waals surface area contributed by atoms with Crippen LogP contribution in [-0.2, 0) is 15.9 Å². The van der Waals surface area contributed by atoms with Crippen LogP contribution in [0.4, 0.5) is 4.79 Å². The highest BCUT2D eigenvalue weighted by atomic mass is 16.7. The van der Waals surface area contributed by atoms with Gasteiger partial charge in [0.1, 0.15) is 0 Å². The first-order valence-corrected chi connectivity index (χ1v) is 9.51. The van der Waals surface area contributed by atoms with Crippen LogP contribution in [-0.4, -0.2) is 23.9 Å². The summed E-state index contributed by atoms with van der Waals surface area (Å²) in [6, 6.07) is 1.52. The molecule has 0 radical (unpaired) electrons. The van der Waals surface area contributed by atoms with E-state index in [4.69, 9.17) is 4.52 Å². The van der Waals surface area contributed by atoms with Gasteiger partial charge in [-0.1, -0.05) is 69.9 Å². The van der Waals surface area contributed by atoms with E-state index in [1.165, 1.54) is 57.4 Å². The number of rotatable bonds is 13. The molecule has 0 fully saturated rings. The minimum absolute atomic E-state index is 0.0740. The molecule has 0 aliphatic rings. The molecule has 0 N–H and O–H groups in total. The quantitative estimate of drug-likeness (QED) is 0.266. The molecule has 1 rings (SSSR count). The van der Waals surface area contributed by atoms with Crippen molar-refractivity contribution in [3.05, 3.63) is 17.5 Å². The van der Waals surface area contributed by atoms with Gasteiger partial charge in [-0.15, -0.1) is 0 Å². The van der Waals surface area contributed by atoms with Crippen LogP contribution in [0.15, 0.2) is 10.6 Å². The van der Waals surface area contributed by atoms with E-state index in [-0.39, 0.29) is 12.4 Å². The first kappa shape index (κ1) is 21.2. The molecule has 0 saturated carbocycles. The third-order valence-corrected chi connectivity index (χ3v) is 3.98. The first-order chi connectivity index (χ1) is 12.2. The van der Waals surface area contributed by atoms with Crippen molar-refractivity contribution in [2.24, 2.45) is 0 Å². The molecule has 0 saturated heterocycles. The van der Waals surface area contributed by atoms with Crippen LogP contribution in [0.5, 0.6) is 0 Å². The zero-order valence-corrected chi connectivity index (χ0v) is 15.6. The van der Waals surface area contributed by atoms with Crippen LogP contribution in [0.1, 0.15) is 94.3 Å². The largest absolute Gasteiger partial charge is 0.516 e. The Kier molecular flexibility index (Phi) is 11.4. The van der Waals surface area contributed by atoms with Crippen molar-refractivity contribution in [2.45, 2.75) is 84.5 Å². The molecule has 0 aliphatic heterocycles. The van der Waals surface area contributed by atoms with E-state index in [0.717, 1.165) is 19.3 Å². The Morgan fingerprint density at radius 2 is 1.56 bits per heavy atom. The lowest BCUT2D eigenvalue weighted by Crippen LogP contribution is -2.13. The van der Waals surface area contributed by atoms with Crippen LogP contribution in [0.2, 0.25) is 0 Å². The molecule has 1 aromatic heterocycles. The van der Waals surface area contributed by atoms with Gasteiger partial charge in [-0.3, -0.25) is 0 Å². The van der Waals surface area contributed by atoms with Crippen LogP contribution in [0.25, 0.3) is 0 Å². The van der Waals surface area contributed by atoms with Crippen LogP contribution >= 0.6 is 0 Å². The summed E-state index contributed by atoms with van der Waals surface area (Å²) in [5.41, 5.74) is 0.704. The van der Waals surface area contributed by atoms with Gasteiger partial charge in [0.2, 0.25) is 5.76 Å². The summed E-state index contributed by atoms with van der Waals surface area (Å²) in [6.45, 7) is 4.01. The molecule has 1 heterocycles. The Morgan fingerprint density at radius 3 is 2.16 bits per heavy atom. The fraction of sp³-hybridized carbons (Fsp3) is 0.737. The molecule has 6 nitrogen and oxygen atoms in total. The minimum Gasteiger partial charge on any atom is -0.434 e. The maximum Gasteiger partial charge on any atom is 0.516 e. The molecule has 142 valence electrons. The molecule has 0 aliphatic carbocycles. The Hall–Kier alpha value is -1.85. The number of esters is 1. The zero-order chi connectivity index (χ0) is 18.3. The Labute approximate surface area is 150 Å². The summed E-state index contributed by atoms with van der Waals surface area (Å²) < 4.78 is 13.9. The highest BCUT2D eigenvalue weighted by molar-refractivity contribution is 5.92. The van der Waals surface area contributed by atoms with E-state index in [9.17, 15) is 9.59 Å². The maximum absolute atomic E-state index is 11.6. The van der Waals surface area contributed by atoms with Gasteiger partial charge >= 0.3 is 12.1 Å². The Bertz CT molecular complexity index is 498. The van der Waals surface area contributed by atoms with Gasteiger partial charge < -0.3 is 14.0 Å². The van der Waals surface area contributed by atoms with E-state index in [0.29, 0.717) is 5.69 Å². The van der Waals surface area contributed by atoms with Crippen LogP contribution < -0.4 is 0 Å². The normalized spacial score (nSPS) is 10.6. The topological polar surface area (TPSA) is 78.6 Å². The Balaban J connectivity index is 2.09. The maximum atomic E-state index is 11.6. The highest BCUT2D eigenvalue weighted by Gasteiger charge is 2.18. The van der Waals surface area contributed by atoms with Crippen molar-refractivity contribution in [1.82, 2.24) is 5.16 Å². The van der Waals surface area contributed by atoms with Crippen molar-refractivity contribution in [1.29, 1.82) is 0 Å². The van der Waals surface area contributed by atoms with Gasteiger partial charge in [-0.05, 0) is 19.8 Å². The molecule has 0 atom stereocenters.